The molecule has 0 aromatic rings. The highest BCUT2D eigenvalue weighted by molar-refractivity contribution is 5.79. The van der Waals surface area contributed by atoms with Crippen molar-refractivity contribution in [3.05, 3.63) is 0 Å². The first-order chi connectivity index (χ1) is 8.91. The number of hydrogen-bond acceptors (Lipinski definition) is 4. The van der Waals surface area contributed by atoms with E-state index in [4.69, 9.17) is 15.6 Å². The van der Waals surface area contributed by atoms with E-state index in [1.54, 1.807) is 0 Å². The molecule has 1 aliphatic heterocycles. The second-order valence-corrected chi connectivity index (χ2v) is 5.19. The molecule has 1 saturated heterocycles. The van der Waals surface area contributed by atoms with Crippen LogP contribution in [-0.2, 0) is 14.3 Å². The van der Waals surface area contributed by atoms with Crippen LogP contribution in [0.5, 0.6) is 0 Å². The standard InChI is InChI=1S/C13H24N2O4/c1-9(10(2)14)13(18)15-6-3-11(4-7-15)19-8-5-12(16)17/h9-11H,3-8,14H2,1-2H3,(H,16,17). The van der Waals surface area contributed by atoms with Gasteiger partial charge in [0.1, 0.15) is 0 Å². The molecule has 0 spiro atoms. The van der Waals surface area contributed by atoms with Gasteiger partial charge >= 0.3 is 5.97 Å². The Morgan fingerprint density at radius 2 is 1.95 bits per heavy atom. The largest absolute Gasteiger partial charge is 0.481 e. The van der Waals surface area contributed by atoms with Gasteiger partial charge in [-0.2, -0.15) is 0 Å². The number of piperidine rings is 1. The van der Waals surface area contributed by atoms with E-state index >= 15 is 0 Å². The quantitative estimate of drug-likeness (QED) is 0.732. The molecule has 0 aromatic heterocycles. The zero-order chi connectivity index (χ0) is 14.4. The highest BCUT2D eigenvalue weighted by Gasteiger charge is 2.27. The smallest absolute Gasteiger partial charge is 0.305 e. The molecule has 1 aliphatic rings. The zero-order valence-electron chi connectivity index (χ0n) is 11.7. The van der Waals surface area contributed by atoms with Gasteiger partial charge in [-0.3, -0.25) is 9.59 Å². The molecule has 2 atom stereocenters. The Morgan fingerprint density at radius 1 is 1.37 bits per heavy atom. The molecular weight excluding hydrogens is 248 g/mol. The van der Waals surface area contributed by atoms with Crippen LogP contribution in [0.2, 0.25) is 0 Å². The number of hydrogen-bond donors (Lipinski definition) is 2. The van der Waals surface area contributed by atoms with Gasteiger partial charge in [-0.15, -0.1) is 0 Å². The molecular formula is C13H24N2O4. The van der Waals surface area contributed by atoms with Crippen LogP contribution in [0.15, 0.2) is 0 Å². The fraction of sp³-hybridized carbons (Fsp3) is 0.846. The normalized spacial score (nSPS) is 20.1. The SMILES string of the molecule is CC(N)C(C)C(=O)N1CCC(OCCC(=O)O)CC1. The number of amides is 1. The maximum Gasteiger partial charge on any atom is 0.305 e. The number of likely N-dealkylation sites (tertiary alicyclic amines) is 1. The lowest BCUT2D eigenvalue weighted by Gasteiger charge is -2.34. The second-order valence-electron chi connectivity index (χ2n) is 5.19. The van der Waals surface area contributed by atoms with Gasteiger partial charge in [-0.1, -0.05) is 6.92 Å². The number of carbonyl (C=O) groups is 2. The summed E-state index contributed by atoms with van der Waals surface area (Å²) in [5.74, 6) is -0.915. The Balaban J connectivity index is 2.28. The third-order valence-electron chi connectivity index (χ3n) is 3.60. The minimum Gasteiger partial charge on any atom is -0.481 e. The summed E-state index contributed by atoms with van der Waals surface area (Å²) in [6.45, 7) is 5.25. The molecule has 1 fully saturated rings. The highest BCUT2D eigenvalue weighted by Crippen LogP contribution is 2.17. The number of ether oxygens (including phenoxy) is 1. The predicted molar refractivity (Wildman–Crippen MR) is 70.6 cm³/mol. The van der Waals surface area contributed by atoms with Gasteiger partial charge in [0.25, 0.3) is 0 Å². The van der Waals surface area contributed by atoms with Gasteiger partial charge in [-0.25, -0.2) is 0 Å². The van der Waals surface area contributed by atoms with Crippen molar-refractivity contribution in [1.82, 2.24) is 4.90 Å². The molecule has 1 rings (SSSR count). The molecule has 0 radical (unpaired) electrons. The Hall–Kier alpha value is -1.14. The van der Waals surface area contributed by atoms with E-state index in [9.17, 15) is 9.59 Å². The number of carboxylic acid groups (broad SMARTS) is 1. The molecule has 0 aromatic carbocycles. The molecule has 19 heavy (non-hydrogen) atoms. The predicted octanol–water partition coefficient (Wildman–Crippen LogP) is 0.452. The maximum absolute atomic E-state index is 12.1. The van der Waals surface area contributed by atoms with E-state index in [1.165, 1.54) is 0 Å². The van der Waals surface area contributed by atoms with Crippen molar-refractivity contribution in [2.45, 2.75) is 45.3 Å². The van der Waals surface area contributed by atoms with Crippen molar-refractivity contribution in [3.8, 4) is 0 Å². The lowest BCUT2D eigenvalue weighted by molar-refractivity contribution is -0.139. The van der Waals surface area contributed by atoms with Crippen molar-refractivity contribution < 1.29 is 19.4 Å². The van der Waals surface area contributed by atoms with Crippen LogP contribution in [0.3, 0.4) is 0 Å². The van der Waals surface area contributed by atoms with Gasteiger partial charge in [0.15, 0.2) is 0 Å². The van der Waals surface area contributed by atoms with Crippen LogP contribution in [-0.4, -0.2) is 53.7 Å². The van der Waals surface area contributed by atoms with Crippen LogP contribution in [0.25, 0.3) is 0 Å². The van der Waals surface area contributed by atoms with Crippen LogP contribution >= 0.6 is 0 Å². The first-order valence-electron chi connectivity index (χ1n) is 6.79. The molecule has 0 saturated carbocycles. The first kappa shape index (κ1) is 15.9. The van der Waals surface area contributed by atoms with E-state index in [0.717, 1.165) is 12.8 Å². The summed E-state index contributed by atoms with van der Waals surface area (Å²) >= 11 is 0. The van der Waals surface area contributed by atoms with Gasteiger partial charge in [0.2, 0.25) is 5.91 Å². The lowest BCUT2D eigenvalue weighted by atomic mass is 10.0. The highest BCUT2D eigenvalue weighted by atomic mass is 16.5. The zero-order valence-corrected chi connectivity index (χ0v) is 11.7. The number of nitrogens with zero attached hydrogens (tertiary/aromatic N) is 1. The van der Waals surface area contributed by atoms with Crippen LogP contribution in [0, 0.1) is 5.92 Å². The van der Waals surface area contributed by atoms with Crippen molar-refractivity contribution in [2.24, 2.45) is 11.7 Å². The van der Waals surface area contributed by atoms with E-state index < -0.39 is 5.97 Å². The van der Waals surface area contributed by atoms with Crippen molar-refractivity contribution in [3.63, 3.8) is 0 Å². The Labute approximate surface area is 113 Å². The second kappa shape index (κ2) is 7.45. The van der Waals surface area contributed by atoms with Crippen molar-refractivity contribution in [2.75, 3.05) is 19.7 Å². The van der Waals surface area contributed by atoms with Gasteiger partial charge in [0.05, 0.1) is 25.0 Å². The van der Waals surface area contributed by atoms with Gasteiger partial charge < -0.3 is 20.5 Å². The first-order valence-corrected chi connectivity index (χ1v) is 6.79. The number of aliphatic carboxylic acids is 1. The van der Waals surface area contributed by atoms with E-state index in [1.807, 2.05) is 18.7 Å². The molecule has 3 N–H and O–H groups in total. The average molecular weight is 272 g/mol. The number of carbonyl (C=O) groups excluding carboxylic acids is 1. The summed E-state index contributed by atoms with van der Waals surface area (Å²) in [6.07, 6.45) is 1.61. The van der Waals surface area contributed by atoms with Gasteiger partial charge in [-0.05, 0) is 19.8 Å². The topological polar surface area (TPSA) is 92.9 Å². The molecule has 1 heterocycles. The summed E-state index contributed by atoms with van der Waals surface area (Å²) in [7, 11) is 0. The molecule has 0 aliphatic carbocycles. The third-order valence-corrected chi connectivity index (χ3v) is 3.60. The maximum atomic E-state index is 12.1. The minimum atomic E-state index is -0.849. The minimum absolute atomic E-state index is 0.0286. The van der Waals surface area contributed by atoms with Gasteiger partial charge in [0, 0.05) is 19.1 Å². The van der Waals surface area contributed by atoms with E-state index in [-0.39, 0.29) is 37.0 Å². The molecule has 6 heteroatoms. The molecule has 110 valence electrons. The van der Waals surface area contributed by atoms with Crippen molar-refractivity contribution >= 4 is 11.9 Å². The Kier molecular flexibility index (Phi) is 6.24. The summed E-state index contributed by atoms with van der Waals surface area (Å²) in [6, 6.07) is -0.142. The monoisotopic (exact) mass is 272 g/mol. The lowest BCUT2D eigenvalue weighted by Crippen LogP contribution is -2.46. The van der Waals surface area contributed by atoms with Crippen molar-refractivity contribution in [1.29, 1.82) is 0 Å². The fourth-order valence-corrected chi connectivity index (χ4v) is 2.07. The van der Waals surface area contributed by atoms with Crippen LogP contribution in [0.1, 0.15) is 33.1 Å². The summed E-state index contributed by atoms with van der Waals surface area (Å²) in [5.41, 5.74) is 5.74. The van der Waals surface area contributed by atoms with E-state index in [0.29, 0.717) is 13.1 Å². The molecule has 1 amide bonds. The van der Waals surface area contributed by atoms with Crippen LogP contribution < -0.4 is 5.73 Å². The average Bonchev–Trinajstić information content (AvgIpc) is 2.37. The summed E-state index contributed by atoms with van der Waals surface area (Å²) in [4.78, 5) is 24.3. The third kappa shape index (κ3) is 5.16. The number of rotatable bonds is 6. The molecule has 2 unspecified atom stereocenters. The Morgan fingerprint density at radius 3 is 2.42 bits per heavy atom. The summed E-state index contributed by atoms with van der Waals surface area (Å²) < 4.78 is 5.49. The number of nitrogens with two attached hydrogens (primary N) is 1. The molecule has 0 bridgehead atoms. The number of carboxylic acids is 1. The fourth-order valence-electron chi connectivity index (χ4n) is 2.07. The van der Waals surface area contributed by atoms with E-state index in [2.05, 4.69) is 0 Å². The summed E-state index contributed by atoms with van der Waals surface area (Å²) in [5, 5.41) is 8.53. The van der Waals surface area contributed by atoms with Crippen LogP contribution in [0.4, 0.5) is 0 Å². The Bertz CT molecular complexity index is 312. The molecule has 6 nitrogen and oxygen atoms in total.